The lowest BCUT2D eigenvalue weighted by Gasteiger charge is -2.40. The normalized spacial score (nSPS) is 20.8. The number of hydrogen-bond donors (Lipinski definition) is 1. The SMILES string of the molecule is COC(=O)[C@]1([C@H](NC(=O)OC(C)(C)C)c2ccc(OC)cc2)CCCCC1=O. The highest BCUT2D eigenvalue weighted by Crippen LogP contribution is 2.45. The minimum absolute atomic E-state index is 0.234. The van der Waals surface area contributed by atoms with Gasteiger partial charge in [0, 0.05) is 6.42 Å². The molecule has 1 N–H and O–H groups in total. The molecule has 1 aliphatic carbocycles. The zero-order chi connectivity index (χ0) is 20.9. The highest BCUT2D eigenvalue weighted by atomic mass is 16.6. The number of Topliss-reactive ketones (excluding diaryl/α,β-unsaturated/α-hetero) is 1. The van der Waals surface area contributed by atoms with Crippen LogP contribution < -0.4 is 10.1 Å². The second kappa shape index (κ2) is 8.63. The number of amides is 1. The lowest BCUT2D eigenvalue weighted by atomic mass is 9.66. The Bertz CT molecular complexity index is 711. The van der Waals surface area contributed by atoms with Gasteiger partial charge in [0.2, 0.25) is 0 Å². The summed E-state index contributed by atoms with van der Waals surface area (Å²) in [6, 6.07) is 5.99. The Hall–Kier alpha value is -2.57. The van der Waals surface area contributed by atoms with Gasteiger partial charge < -0.3 is 19.5 Å². The molecule has 2 rings (SSSR count). The van der Waals surface area contributed by atoms with Crippen LogP contribution in [0.5, 0.6) is 5.75 Å². The molecule has 1 amide bonds. The fourth-order valence-electron chi connectivity index (χ4n) is 3.59. The van der Waals surface area contributed by atoms with Crippen molar-refractivity contribution < 1.29 is 28.6 Å². The topological polar surface area (TPSA) is 90.9 Å². The van der Waals surface area contributed by atoms with Crippen molar-refractivity contribution in [2.75, 3.05) is 14.2 Å². The molecule has 7 heteroatoms. The molecular weight excluding hydrogens is 362 g/mol. The second-order valence-electron chi connectivity index (χ2n) is 7.95. The number of ether oxygens (including phenoxy) is 3. The molecule has 0 saturated heterocycles. The maximum Gasteiger partial charge on any atom is 0.408 e. The first-order chi connectivity index (χ1) is 13.1. The summed E-state index contributed by atoms with van der Waals surface area (Å²) in [6.45, 7) is 5.24. The zero-order valence-corrected chi connectivity index (χ0v) is 17.2. The summed E-state index contributed by atoms with van der Waals surface area (Å²) in [6.07, 6.45) is 1.25. The Morgan fingerprint density at radius 1 is 1.11 bits per heavy atom. The van der Waals surface area contributed by atoms with E-state index < -0.39 is 29.1 Å². The van der Waals surface area contributed by atoms with E-state index in [1.807, 2.05) is 0 Å². The van der Waals surface area contributed by atoms with Gasteiger partial charge in [-0.2, -0.15) is 0 Å². The number of carbonyl (C=O) groups is 3. The van der Waals surface area contributed by atoms with Gasteiger partial charge in [-0.25, -0.2) is 4.79 Å². The molecular formula is C21H29NO6. The van der Waals surface area contributed by atoms with E-state index >= 15 is 0 Å². The number of esters is 1. The highest BCUT2D eigenvalue weighted by molar-refractivity contribution is 6.05. The average molecular weight is 391 g/mol. The van der Waals surface area contributed by atoms with Crippen LogP contribution in [0.2, 0.25) is 0 Å². The number of carbonyl (C=O) groups excluding carboxylic acids is 3. The van der Waals surface area contributed by atoms with Crippen molar-refractivity contribution in [1.29, 1.82) is 0 Å². The average Bonchev–Trinajstić information content (AvgIpc) is 2.65. The van der Waals surface area contributed by atoms with Crippen LogP contribution >= 0.6 is 0 Å². The van der Waals surface area contributed by atoms with Gasteiger partial charge in [-0.05, 0) is 51.3 Å². The van der Waals surface area contributed by atoms with Crippen LogP contribution in [0.1, 0.15) is 58.1 Å². The van der Waals surface area contributed by atoms with Crippen molar-refractivity contribution in [3.8, 4) is 5.75 Å². The Labute approximate surface area is 165 Å². The molecule has 0 aliphatic heterocycles. The maximum atomic E-state index is 13.0. The third-order valence-corrected chi connectivity index (χ3v) is 4.88. The second-order valence-corrected chi connectivity index (χ2v) is 7.95. The summed E-state index contributed by atoms with van der Waals surface area (Å²) in [7, 11) is 2.80. The van der Waals surface area contributed by atoms with Crippen molar-refractivity contribution >= 4 is 17.8 Å². The largest absolute Gasteiger partial charge is 0.497 e. The van der Waals surface area contributed by atoms with E-state index in [0.717, 1.165) is 0 Å². The van der Waals surface area contributed by atoms with Crippen LogP contribution in [-0.2, 0) is 19.1 Å². The number of ketones is 1. The molecule has 1 aromatic rings. The van der Waals surface area contributed by atoms with Gasteiger partial charge in [0.25, 0.3) is 0 Å². The third-order valence-electron chi connectivity index (χ3n) is 4.88. The predicted octanol–water partition coefficient (Wildman–Crippen LogP) is 3.56. The number of benzene rings is 1. The molecule has 0 heterocycles. The van der Waals surface area contributed by atoms with E-state index in [4.69, 9.17) is 14.2 Å². The Balaban J connectivity index is 2.51. The lowest BCUT2D eigenvalue weighted by Crippen LogP contribution is -2.53. The summed E-state index contributed by atoms with van der Waals surface area (Å²) in [5.74, 6) is -0.251. The van der Waals surface area contributed by atoms with Crippen LogP contribution in [0, 0.1) is 5.41 Å². The monoisotopic (exact) mass is 391 g/mol. The van der Waals surface area contributed by atoms with Gasteiger partial charge in [0.05, 0.1) is 20.3 Å². The molecule has 154 valence electrons. The first kappa shape index (κ1) is 21.7. The first-order valence-corrected chi connectivity index (χ1v) is 9.39. The number of rotatable bonds is 5. The zero-order valence-electron chi connectivity index (χ0n) is 17.2. The van der Waals surface area contributed by atoms with Crippen molar-refractivity contribution in [2.24, 2.45) is 5.41 Å². The van der Waals surface area contributed by atoms with Crippen LogP contribution in [0.25, 0.3) is 0 Å². The molecule has 0 aromatic heterocycles. The van der Waals surface area contributed by atoms with E-state index in [0.29, 0.717) is 30.6 Å². The fourth-order valence-corrected chi connectivity index (χ4v) is 3.59. The molecule has 2 atom stereocenters. The summed E-state index contributed by atoms with van der Waals surface area (Å²) in [4.78, 5) is 38.4. The predicted molar refractivity (Wildman–Crippen MR) is 103 cm³/mol. The molecule has 0 spiro atoms. The molecule has 1 aromatic carbocycles. The van der Waals surface area contributed by atoms with Crippen LogP contribution in [-0.4, -0.2) is 37.7 Å². The van der Waals surface area contributed by atoms with Gasteiger partial charge in [-0.15, -0.1) is 0 Å². The number of alkyl carbamates (subject to hydrolysis) is 1. The quantitative estimate of drug-likeness (QED) is 0.610. The van der Waals surface area contributed by atoms with Crippen LogP contribution in [0.4, 0.5) is 4.79 Å². The van der Waals surface area contributed by atoms with Crippen molar-refractivity contribution in [1.82, 2.24) is 5.32 Å². The van der Waals surface area contributed by atoms with Crippen molar-refractivity contribution in [3.05, 3.63) is 29.8 Å². The van der Waals surface area contributed by atoms with Gasteiger partial charge in [-0.3, -0.25) is 9.59 Å². The summed E-state index contributed by atoms with van der Waals surface area (Å²) in [5.41, 5.74) is -1.60. The van der Waals surface area contributed by atoms with Gasteiger partial charge in [-0.1, -0.05) is 18.6 Å². The van der Waals surface area contributed by atoms with Crippen molar-refractivity contribution in [3.63, 3.8) is 0 Å². The molecule has 1 saturated carbocycles. The summed E-state index contributed by atoms with van der Waals surface area (Å²) < 4.78 is 15.6. The minimum atomic E-state index is -1.49. The number of nitrogens with one attached hydrogen (secondary N) is 1. The Morgan fingerprint density at radius 2 is 1.75 bits per heavy atom. The Morgan fingerprint density at radius 3 is 2.25 bits per heavy atom. The minimum Gasteiger partial charge on any atom is -0.497 e. The number of hydrogen-bond acceptors (Lipinski definition) is 6. The fraction of sp³-hybridized carbons (Fsp3) is 0.571. The van der Waals surface area contributed by atoms with Gasteiger partial charge in [0.1, 0.15) is 11.4 Å². The summed E-state index contributed by atoms with van der Waals surface area (Å²) in [5, 5.41) is 2.76. The first-order valence-electron chi connectivity index (χ1n) is 9.39. The molecule has 1 aliphatic rings. The van der Waals surface area contributed by atoms with Crippen LogP contribution in [0.15, 0.2) is 24.3 Å². The van der Waals surface area contributed by atoms with E-state index in [1.54, 1.807) is 52.1 Å². The molecule has 1 fully saturated rings. The third kappa shape index (κ3) is 4.64. The molecule has 0 radical (unpaired) electrons. The molecule has 7 nitrogen and oxygen atoms in total. The van der Waals surface area contributed by atoms with E-state index in [9.17, 15) is 14.4 Å². The smallest absolute Gasteiger partial charge is 0.408 e. The Kier molecular flexibility index (Phi) is 6.69. The maximum absolute atomic E-state index is 13.0. The van der Waals surface area contributed by atoms with E-state index in [-0.39, 0.29) is 12.2 Å². The molecule has 0 unspecified atom stereocenters. The van der Waals surface area contributed by atoms with E-state index in [1.165, 1.54) is 7.11 Å². The van der Waals surface area contributed by atoms with Gasteiger partial charge in [0.15, 0.2) is 11.2 Å². The molecule has 28 heavy (non-hydrogen) atoms. The van der Waals surface area contributed by atoms with Crippen molar-refractivity contribution in [2.45, 2.75) is 58.1 Å². The summed E-state index contributed by atoms with van der Waals surface area (Å²) >= 11 is 0. The lowest BCUT2D eigenvalue weighted by molar-refractivity contribution is -0.162. The number of methoxy groups -OCH3 is 2. The van der Waals surface area contributed by atoms with E-state index in [2.05, 4.69) is 5.32 Å². The van der Waals surface area contributed by atoms with Gasteiger partial charge >= 0.3 is 12.1 Å². The standard InChI is InChI=1S/C21H29NO6/c1-20(2,3)28-19(25)22-17(14-9-11-15(26-4)12-10-14)21(18(24)27-5)13-7-6-8-16(21)23/h9-12,17H,6-8,13H2,1-5H3,(H,22,25)/t17-,21-/m1/s1. The molecule has 0 bridgehead atoms. The van der Waals surface area contributed by atoms with Crippen LogP contribution in [0.3, 0.4) is 0 Å². The highest BCUT2D eigenvalue weighted by Gasteiger charge is 2.55.